The SMILES string of the molecule is COc1ccc(CC(=O)O)c2c1COCO2. The minimum atomic E-state index is -0.887. The molecule has 0 atom stereocenters. The van der Waals surface area contributed by atoms with Crippen LogP contribution in [0.4, 0.5) is 0 Å². The van der Waals surface area contributed by atoms with E-state index in [1.807, 2.05) is 0 Å². The van der Waals surface area contributed by atoms with Crippen LogP contribution in [0.25, 0.3) is 0 Å². The summed E-state index contributed by atoms with van der Waals surface area (Å²) in [5, 5.41) is 8.78. The van der Waals surface area contributed by atoms with Gasteiger partial charge in [-0.25, -0.2) is 0 Å². The number of ether oxygens (including phenoxy) is 3. The number of fused-ring (bicyclic) bond motifs is 1. The number of methoxy groups -OCH3 is 1. The molecule has 0 fully saturated rings. The van der Waals surface area contributed by atoms with Crippen LogP contribution in [0, 0.1) is 0 Å². The van der Waals surface area contributed by atoms with Crippen LogP contribution in [0.1, 0.15) is 11.1 Å². The van der Waals surface area contributed by atoms with Crippen molar-refractivity contribution in [2.45, 2.75) is 13.0 Å². The maximum atomic E-state index is 10.7. The summed E-state index contributed by atoms with van der Waals surface area (Å²) >= 11 is 0. The van der Waals surface area contributed by atoms with E-state index in [1.54, 1.807) is 19.2 Å². The van der Waals surface area contributed by atoms with Crippen molar-refractivity contribution in [2.24, 2.45) is 0 Å². The van der Waals surface area contributed by atoms with E-state index < -0.39 is 5.97 Å². The molecule has 1 N–H and O–H groups in total. The van der Waals surface area contributed by atoms with Crippen LogP contribution in [-0.2, 0) is 22.6 Å². The fraction of sp³-hybridized carbons (Fsp3) is 0.364. The lowest BCUT2D eigenvalue weighted by Crippen LogP contribution is -2.15. The first-order chi connectivity index (χ1) is 7.72. The van der Waals surface area contributed by atoms with E-state index in [4.69, 9.17) is 19.3 Å². The number of hydrogen-bond donors (Lipinski definition) is 1. The van der Waals surface area contributed by atoms with Gasteiger partial charge >= 0.3 is 5.97 Å². The van der Waals surface area contributed by atoms with Crippen molar-refractivity contribution in [3.63, 3.8) is 0 Å². The maximum Gasteiger partial charge on any atom is 0.307 e. The zero-order valence-electron chi connectivity index (χ0n) is 8.86. The van der Waals surface area contributed by atoms with Gasteiger partial charge in [-0.3, -0.25) is 4.79 Å². The molecule has 1 aliphatic heterocycles. The number of aliphatic carboxylic acids is 1. The number of benzene rings is 1. The zero-order valence-corrected chi connectivity index (χ0v) is 8.86. The van der Waals surface area contributed by atoms with Gasteiger partial charge in [0.15, 0.2) is 6.79 Å². The fourth-order valence-electron chi connectivity index (χ4n) is 1.71. The van der Waals surface area contributed by atoms with E-state index in [0.717, 1.165) is 5.56 Å². The van der Waals surface area contributed by atoms with Crippen LogP contribution in [0.2, 0.25) is 0 Å². The van der Waals surface area contributed by atoms with E-state index in [1.165, 1.54) is 0 Å². The molecule has 86 valence electrons. The van der Waals surface area contributed by atoms with Crippen molar-refractivity contribution in [3.8, 4) is 11.5 Å². The largest absolute Gasteiger partial charge is 0.496 e. The van der Waals surface area contributed by atoms with Crippen LogP contribution < -0.4 is 9.47 Å². The van der Waals surface area contributed by atoms with E-state index in [2.05, 4.69) is 0 Å². The Morgan fingerprint density at radius 2 is 2.38 bits per heavy atom. The Morgan fingerprint density at radius 3 is 3.06 bits per heavy atom. The van der Waals surface area contributed by atoms with Gasteiger partial charge in [0.05, 0.1) is 25.7 Å². The van der Waals surface area contributed by atoms with Crippen molar-refractivity contribution >= 4 is 5.97 Å². The van der Waals surface area contributed by atoms with Gasteiger partial charge in [-0.15, -0.1) is 0 Å². The summed E-state index contributed by atoms with van der Waals surface area (Å²) in [7, 11) is 1.56. The Bertz CT molecular complexity index is 413. The Hall–Kier alpha value is -1.75. The fourth-order valence-corrected chi connectivity index (χ4v) is 1.71. The number of carboxylic acid groups (broad SMARTS) is 1. The monoisotopic (exact) mass is 224 g/mol. The molecule has 1 heterocycles. The first kappa shape index (κ1) is 10.8. The highest BCUT2D eigenvalue weighted by atomic mass is 16.7. The molecule has 1 aromatic rings. The summed E-state index contributed by atoms with van der Waals surface area (Å²) in [5.74, 6) is 0.347. The third-order valence-corrected chi connectivity index (χ3v) is 2.39. The number of hydrogen-bond acceptors (Lipinski definition) is 4. The van der Waals surface area contributed by atoms with E-state index in [-0.39, 0.29) is 13.2 Å². The average molecular weight is 224 g/mol. The third-order valence-electron chi connectivity index (χ3n) is 2.39. The lowest BCUT2D eigenvalue weighted by molar-refractivity contribution is -0.136. The third kappa shape index (κ3) is 1.94. The minimum Gasteiger partial charge on any atom is -0.496 e. The summed E-state index contributed by atoms with van der Waals surface area (Å²) in [4.78, 5) is 10.7. The molecule has 0 saturated heterocycles. The topological polar surface area (TPSA) is 65.0 Å². The molecule has 0 aliphatic carbocycles. The van der Waals surface area contributed by atoms with Crippen LogP contribution in [-0.4, -0.2) is 25.0 Å². The average Bonchev–Trinajstić information content (AvgIpc) is 2.29. The summed E-state index contributed by atoms with van der Waals surface area (Å²) in [5.41, 5.74) is 1.42. The predicted octanol–water partition coefficient (Wildman–Crippen LogP) is 1.19. The van der Waals surface area contributed by atoms with Gasteiger partial charge in [0.1, 0.15) is 11.5 Å². The van der Waals surface area contributed by atoms with Crippen LogP contribution in [0.3, 0.4) is 0 Å². The van der Waals surface area contributed by atoms with E-state index in [0.29, 0.717) is 23.7 Å². The summed E-state index contributed by atoms with van der Waals surface area (Å²) in [6.45, 7) is 0.527. The van der Waals surface area contributed by atoms with E-state index >= 15 is 0 Å². The zero-order chi connectivity index (χ0) is 11.5. The van der Waals surface area contributed by atoms with Gasteiger partial charge in [-0.2, -0.15) is 0 Å². The molecular weight excluding hydrogens is 212 g/mol. The lowest BCUT2D eigenvalue weighted by atomic mass is 10.0. The van der Waals surface area contributed by atoms with E-state index in [9.17, 15) is 4.79 Å². The summed E-state index contributed by atoms with van der Waals surface area (Å²) < 4.78 is 15.6. The number of carboxylic acids is 1. The lowest BCUT2D eigenvalue weighted by Gasteiger charge is -2.22. The predicted molar refractivity (Wildman–Crippen MR) is 54.6 cm³/mol. The molecule has 5 nitrogen and oxygen atoms in total. The van der Waals surface area contributed by atoms with Gasteiger partial charge in [0.25, 0.3) is 0 Å². The van der Waals surface area contributed by atoms with Gasteiger partial charge in [-0.05, 0) is 6.07 Å². The molecule has 0 saturated carbocycles. The molecule has 1 aliphatic rings. The normalized spacial score (nSPS) is 13.8. The highest BCUT2D eigenvalue weighted by molar-refractivity contribution is 5.72. The second-order valence-electron chi connectivity index (χ2n) is 3.42. The molecule has 2 rings (SSSR count). The molecule has 5 heteroatoms. The highest BCUT2D eigenvalue weighted by Crippen LogP contribution is 2.35. The van der Waals surface area contributed by atoms with Crippen molar-refractivity contribution in [1.29, 1.82) is 0 Å². The number of rotatable bonds is 3. The number of carbonyl (C=O) groups is 1. The van der Waals surface area contributed by atoms with Crippen molar-refractivity contribution in [1.82, 2.24) is 0 Å². The molecule has 0 amide bonds. The van der Waals surface area contributed by atoms with Gasteiger partial charge < -0.3 is 19.3 Å². The Morgan fingerprint density at radius 1 is 1.56 bits per heavy atom. The van der Waals surface area contributed by atoms with Gasteiger partial charge in [-0.1, -0.05) is 6.07 Å². The second-order valence-corrected chi connectivity index (χ2v) is 3.42. The van der Waals surface area contributed by atoms with Crippen LogP contribution in [0.5, 0.6) is 11.5 Å². The molecule has 0 bridgehead atoms. The molecule has 1 aromatic carbocycles. The summed E-state index contributed by atoms with van der Waals surface area (Å²) in [6.07, 6.45) is -0.0632. The Kier molecular flexibility index (Phi) is 2.96. The highest BCUT2D eigenvalue weighted by Gasteiger charge is 2.20. The van der Waals surface area contributed by atoms with Gasteiger partial charge in [0, 0.05) is 5.56 Å². The Balaban J connectivity index is 2.43. The first-order valence-corrected chi connectivity index (χ1v) is 4.83. The molecular formula is C11H12O5. The van der Waals surface area contributed by atoms with Crippen LogP contribution in [0.15, 0.2) is 12.1 Å². The minimum absolute atomic E-state index is 0.0632. The quantitative estimate of drug-likeness (QED) is 0.835. The van der Waals surface area contributed by atoms with Crippen molar-refractivity contribution in [2.75, 3.05) is 13.9 Å². The second kappa shape index (κ2) is 4.40. The molecule has 0 radical (unpaired) electrons. The molecule has 16 heavy (non-hydrogen) atoms. The standard InChI is InChI=1S/C11H12O5/c1-14-9-3-2-7(4-10(12)13)11-8(9)5-15-6-16-11/h2-3H,4-6H2,1H3,(H,12,13). The van der Waals surface area contributed by atoms with Crippen LogP contribution >= 0.6 is 0 Å². The summed E-state index contributed by atoms with van der Waals surface area (Å²) in [6, 6.07) is 3.44. The first-order valence-electron chi connectivity index (χ1n) is 4.83. The maximum absolute atomic E-state index is 10.7. The van der Waals surface area contributed by atoms with Crippen molar-refractivity contribution < 1.29 is 24.1 Å². The molecule has 0 spiro atoms. The molecule has 0 unspecified atom stereocenters. The van der Waals surface area contributed by atoms with Crippen molar-refractivity contribution in [3.05, 3.63) is 23.3 Å². The smallest absolute Gasteiger partial charge is 0.307 e. The molecule has 0 aromatic heterocycles. The Labute approximate surface area is 92.5 Å². The van der Waals surface area contributed by atoms with Gasteiger partial charge in [0.2, 0.25) is 0 Å².